The number of hydrogen-bond acceptors (Lipinski definition) is 4. The Balaban J connectivity index is 1.57. The minimum Gasteiger partial charge on any atom is -0.325 e. The topological polar surface area (TPSA) is 58.2 Å². The van der Waals surface area contributed by atoms with Gasteiger partial charge < -0.3 is 10.6 Å². The van der Waals surface area contributed by atoms with Crippen LogP contribution in [0.4, 0.5) is 11.4 Å². The van der Waals surface area contributed by atoms with Crippen molar-refractivity contribution < 1.29 is 9.59 Å². The lowest BCUT2D eigenvalue weighted by molar-refractivity contribution is -0.115. The van der Waals surface area contributed by atoms with Gasteiger partial charge in [-0.2, -0.15) is 0 Å². The van der Waals surface area contributed by atoms with Crippen molar-refractivity contribution >= 4 is 57.9 Å². The minimum atomic E-state index is -0.287. The lowest BCUT2D eigenvalue weighted by atomic mass is 10.2. The summed E-state index contributed by atoms with van der Waals surface area (Å²) in [5.41, 5.74) is 2.40. The first kappa shape index (κ1) is 20.5. The highest BCUT2D eigenvalue weighted by molar-refractivity contribution is 8.00. The number of nitrogens with one attached hydrogen (secondary N) is 2. The first-order chi connectivity index (χ1) is 13.4. The van der Waals surface area contributed by atoms with Gasteiger partial charge in [0.05, 0.1) is 10.1 Å². The van der Waals surface area contributed by atoms with E-state index in [1.165, 1.54) is 23.1 Å². The molecule has 0 aliphatic carbocycles. The number of carbonyl (C=O) groups is 2. The van der Waals surface area contributed by atoms with Crippen molar-refractivity contribution in [2.45, 2.75) is 24.0 Å². The van der Waals surface area contributed by atoms with Crippen LogP contribution in [-0.2, 0) is 4.79 Å². The molecule has 2 amide bonds. The van der Waals surface area contributed by atoms with E-state index in [4.69, 9.17) is 11.6 Å². The molecule has 3 aromatic rings. The minimum absolute atomic E-state index is 0.0922. The van der Waals surface area contributed by atoms with Crippen LogP contribution in [0.15, 0.2) is 64.9 Å². The van der Waals surface area contributed by atoms with Crippen LogP contribution in [0.1, 0.15) is 22.2 Å². The number of benzene rings is 2. The van der Waals surface area contributed by atoms with Crippen LogP contribution in [0.5, 0.6) is 0 Å². The van der Waals surface area contributed by atoms with Crippen LogP contribution in [0.2, 0.25) is 5.02 Å². The van der Waals surface area contributed by atoms with Crippen molar-refractivity contribution in [2.75, 3.05) is 10.6 Å². The van der Waals surface area contributed by atoms with Crippen LogP contribution < -0.4 is 10.6 Å². The Bertz CT molecular complexity index is 973. The van der Waals surface area contributed by atoms with E-state index in [1.54, 1.807) is 18.2 Å². The fourth-order valence-corrected chi connectivity index (χ4v) is 4.10. The van der Waals surface area contributed by atoms with Crippen molar-refractivity contribution in [1.29, 1.82) is 0 Å². The summed E-state index contributed by atoms with van der Waals surface area (Å²) >= 11 is 8.86. The van der Waals surface area contributed by atoms with E-state index in [1.807, 2.05) is 55.6 Å². The van der Waals surface area contributed by atoms with Gasteiger partial charge in [0.25, 0.3) is 5.91 Å². The third-order valence-electron chi connectivity index (χ3n) is 4.00. The van der Waals surface area contributed by atoms with Crippen molar-refractivity contribution in [1.82, 2.24) is 0 Å². The maximum Gasteiger partial charge on any atom is 0.265 e. The van der Waals surface area contributed by atoms with Gasteiger partial charge in [-0.1, -0.05) is 23.7 Å². The van der Waals surface area contributed by atoms with Gasteiger partial charge in [-0.05, 0) is 67.3 Å². The lowest BCUT2D eigenvalue weighted by Crippen LogP contribution is -2.22. The maximum absolute atomic E-state index is 12.5. The zero-order chi connectivity index (χ0) is 20.1. The van der Waals surface area contributed by atoms with E-state index in [9.17, 15) is 9.59 Å². The van der Waals surface area contributed by atoms with Crippen LogP contribution in [-0.4, -0.2) is 17.1 Å². The number of carbonyl (C=O) groups excluding carboxylic acids is 2. The Morgan fingerprint density at radius 3 is 2.50 bits per heavy atom. The maximum atomic E-state index is 12.5. The fraction of sp³-hybridized carbons (Fsp3) is 0.143. The van der Waals surface area contributed by atoms with E-state index >= 15 is 0 Å². The molecule has 0 fully saturated rings. The molecule has 2 N–H and O–H groups in total. The molecule has 0 radical (unpaired) electrons. The molecule has 0 spiro atoms. The Labute approximate surface area is 177 Å². The number of thiophene rings is 1. The smallest absolute Gasteiger partial charge is 0.265 e. The van der Waals surface area contributed by atoms with E-state index < -0.39 is 0 Å². The number of thioether (sulfide) groups is 1. The number of halogens is 1. The van der Waals surface area contributed by atoms with Crippen molar-refractivity contribution in [3.05, 3.63) is 75.4 Å². The summed E-state index contributed by atoms with van der Waals surface area (Å²) in [6, 6.07) is 16.5. The lowest BCUT2D eigenvalue weighted by Gasteiger charge is -2.14. The number of anilines is 2. The molecule has 0 aliphatic rings. The quantitative estimate of drug-likeness (QED) is 0.466. The molecule has 1 heterocycles. The molecule has 28 heavy (non-hydrogen) atoms. The van der Waals surface area contributed by atoms with Crippen LogP contribution in [0, 0.1) is 6.92 Å². The fourth-order valence-electron chi connectivity index (χ4n) is 2.44. The van der Waals surface area contributed by atoms with Gasteiger partial charge in [-0.15, -0.1) is 23.1 Å². The number of aryl methyl sites for hydroxylation is 1. The first-order valence-corrected chi connectivity index (χ1v) is 10.7. The molecule has 0 aliphatic heterocycles. The third-order valence-corrected chi connectivity index (χ3v) is 6.21. The van der Waals surface area contributed by atoms with E-state index in [0.29, 0.717) is 9.90 Å². The van der Waals surface area contributed by atoms with Gasteiger partial charge in [0.2, 0.25) is 5.91 Å². The monoisotopic (exact) mass is 430 g/mol. The molecule has 4 nitrogen and oxygen atoms in total. The summed E-state index contributed by atoms with van der Waals surface area (Å²) in [6.45, 7) is 3.78. The molecule has 1 atom stereocenters. The van der Waals surface area contributed by atoms with Gasteiger partial charge in [0.15, 0.2) is 0 Å². The second kappa shape index (κ2) is 9.28. The summed E-state index contributed by atoms with van der Waals surface area (Å²) in [6.07, 6.45) is 0. The summed E-state index contributed by atoms with van der Waals surface area (Å²) in [4.78, 5) is 26.2. The molecule has 1 unspecified atom stereocenters. The van der Waals surface area contributed by atoms with Gasteiger partial charge in [-0.3, -0.25) is 9.59 Å². The molecule has 2 aromatic carbocycles. The number of amides is 2. The number of rotatable bonds is 6. The zero-order valence-electron chi connectivity index (χ0n) is 15.4. The van der Waals surface area contributed by atoms with Crippen LogP contribution >= 0.6 is 34.7 Å². The second-order valence-corrected chi connectivity index (χ2v) is 8.96. The molecule has 0 saturated carbocycles. The second-order valence-electron chi connectivity index (χ2n) is 6.16. The molecular weight excluding hydrogens is 412 g/mol. The van der Waals surface area contributed by atoms with Crippen molar-refractivity contribution in [2.24, 2.45) is 0 Å². The van der Waals surface area contributed by atoms with Crippen molar-refractivity contribution in [3.63, 3.8) is 0 Å². The van der Waals surface area contributed by atoms with E-state index in [-0.39, 0.29) is 17.1 Å². The molecule has 1 aromatic heterocycles. The predicted octanol–water partition coefficient (Wildman–Crippen LogP) is 6.08. The van der Waals surface area contributed by atoms with Gasteiger partial charge in [0.1, 0.15) is 0 Å². The van der Waals surface area contributed by atoms with E-state index in [0.717, 1.165) is 21.8 Å². The highest BCUT2D eigenvalue weighted by Gasteiger charge is 2.16. The normalized spacial score (nSPS) is 11.7. The van der Waals surface area contributed by atoms with Gasteiger partial charge >= 0.3 is 0 Å². The summed E-state index contributed by atoms with van der Waals surface area (Å²) in [7, 11) is 0. The van der Waals surface area contributed by atoms with Gasteiger partial charge in [0, 0.05) is 21.3 Å². The Kier molecular flexibility index (Phi) is 6.78. The summed E-state index contributed by atoms with van der Waals surface area (Å²) in [5, 5.41) is 7.95. The van der Waals surface area contributed by atoms with Gasteiger partial charge in [-0.25, -0.2) is 0 Å². The van der Waals surface area contributed by atoms with Crippen LogP contribution in [0.3, 0.4) is 0 Å². The molecule has 0 saturated heterocycles. The zero-order valence-corrected chi connectivity index (χ0v) is 17.8. The summed E-state index contributed by atoms with van der Waals surface area (Å²) < 4.78 is 0. The van der Waals surface area contributed by atoms with Crippen LogP contribution in [0.25, 0.3) is 0 Å². The molecule has 3 rings (SSSR count). The Morgan fingerprint density at radius 2 is 1.82 bits per heavy atom. The third kappa shape index (κ3) is 5.38. The Hall–Kier alpha value is -2.28. The molecular formula is C21H19ClN2O2S2. The highest BCUT2D eigenvalue weighted by Crippen LogP contribution is 2.27. The standard InChI is InChI=1S/C21H19ClN2O2S2/c1-13-5-6-15(22)12-18(13)24-20(25)14(2)28-17-9-7-16(8-10-17)23-21(26)19-4-3-11-27-19/h3-12,14H,1-2H3,(H,23,26)(H,24,25). The SMILES string of the molecule is Cc1ccc(Cl)cc1NC(=O)C(C)Sc1ccc(NC(=O)c2cccs2)cc1. The van der Waals surface area contributed by atoms with Crippen molar-refractivity contribution in [3.8, 4) is 0 Å². The predicted molar refractivity (Wildman–Crippen MR) is 119 cm³/mol. The molecule has 0 bridgehead atoms. The first-order valence-electron chi connectivity index (χ1n) is 8.61. The molecule has 7 heteroatoms. The summed E-state index contributed by atoms with van der Waals surface area (Å²) in [5.74, 6) is -0.217. The largest absolute Gasteiger partial charge is 0.325 e. The molecule has 144 valence electrons. The van der Waals surface area contributed by atoms with E-state index in [2.05, 4.69) is 10.6 Å². The Morgan fingerprint density at radius 1 is 1.07 bits per heavy atom. The average molecular weight is 431 g/mol. The highest BCUT2D eigenvalue weighted by atomic mass is 35.5. The average Bonchev–Trinajstić information content (AvgIpc) is 3.21. The number of hydrogen-bond donors (Lipinski definition) is 2.